The first-order valence-corrected chi connectivity index (χ1v) is 14.1. The number of fused-ring (bicyclic) bond motifs is 6. The van der Waals surface area contributed by atoms with Crippen molar-refractivity contribution in [1.29, 1.82) is 0 Å². The summed E-state index contributed by atoms with van der Waals surface area (Å²) in [6.45, 7) is 2.57. The number of carbonyl (C=O) groups excluding carboxylic acids is 2. The minimum Gasteiger partial charge on any atom is -0.497 e. The Morgan fingerprint density at radius 2 is 1.49 bits per heavy atom. The van der Waals surface area contributed by atoms with E-state index in [0.29, 0.717) is 40.5 Å². The molecule has 0 bridgehead atoms. The predicted molar refractivity (Wildman–Crippen MR) is 168 cm³/mol. The molecule has 0 aromatic heterocycles. The van der Waals surface area contributed by atoms with Crippen molar-refractivity contribution < 1.29 is 19.1 Å². The number of carbonyl (C=O) groups is 2. The molecule has 0 radical (unpaired) electrons. The van der Waals surface area contributed by atoms with Gasteiger partial charge in [-0.3, -0.25) is 12.7 Å². The lowest BCUT2D eigenvalue weighted by molar-refractivity contribution is 0.0787. The summed E-state index contributed by atoms with van der Waals surface area (Å²) in [5, 5.41) is 0. The Morgan fingerprint density at radius 1 is 0.829 bits per heavy atom. The van der Waals surface area contributed by atoms with Gasteiger partial charge >= 0.3 is 0 Å². The predicted octanol–water partition coefficient (Wildman–Crippen LogP) is 6.01. The van der Waals surface area contributed by atoms with Crippen LogP contribution < -0.4 is 20.9 Å². The Balaban J connectivity index is 1.38. The van der Waals surface area contributed by atoms with E-state index in [1.54, 1.807) is 34.3 Å². The number of amides is 2. The molecule has 208 valence electrons. The highest BCUT2D eigenvalue weighted by atomic mass is 127. The van der Waals surface area contributed by atoms with E-state index in [4.69, 9.17) is 20.9 Å². The van der Waals surface area contributed by atoms with Crippen LogP contribution in [-0.4, -0.2) is 40.6 Å². The number of ether oxygens (including phenoxy) is 2. The highest BCUT2D eigenvalue weighted by Gasteiger charge is 2.34. The van der Waals surface area contributed by atoms with Crippen molar-refractivity contribution in [2.45, 2.75) is 19.5 Å². The van der Waals surface area contributed by atoms with E-state index in [9.17, 15) is 9.59 Å². The number of hydrogen-bond acceptors (Lipinski definition) is 6. The monoisotopic (exact) mass is 660 g/mol. The molecule has 0 spiro atoms. The van der Waals surface area contributed by atoms with Crippen LogP contribution >= 0.6 is 22.9 Å². The summed E-state index contributed by atoms with van der Waals surface area (Å²) in [4.78, 5) is 28.8. The van der Waals surface area contributed by atoms with Crippen LogP contribution in [0.3, 0.4) is 0 Å². The summed E-state index contributed by atoms with van der Waals surface area (Å²) in [5.41, 5.74) is 21.1. The van der Waals surface area contributed by atoms with Crippen LogP contribution in [0.5, 0.6) is 11.5 Å². The Hall–Kier alpha value is -4.25. The van der Waals surface area contributed by atoms with Gasteiger partial charge < -0.3 is 25.8 Å². The molecule has 8 nitrogen and oxygen atoms in total. The number of benzene rings is 4. The number of anilines is 2. The molecule has 41 heavy (non-hydrogen) atoms. The number of rotatable bonds is 4. The van der Waals surface area contributed by atoms with Crippen LogP contribution in [-0.2, 0) is 6.54 Å². The van der Waals surface area contributed by atoms with E-state index < -0.39 is 6.04 Å². The van der Waals surface area contributed by atoms with Gasteiger partial charge in [-0.05, 0) is 107 Å². The van der Waals surface area contributed by atoms with Crippen LogP contribution in [0.2, 0.25) is 0 Å². The lowest BCUT2D eigenvalue weighted by atomic mass is 9.91. The van der Waals surface area contributed by atoms with Crippen LogP contribution in [0.4, 0.5) is 11.4 Å². The Kier molecular flexibility index (Phi) is 6.77. The second kappa shape index (κ2) is 10.3. The molecule has 4 N–H and O–H groups in total. The highest BCUT2D eigenvalue weighted by molar-refractivity contribution is 14.1. The van der Waals surface area contributed by atoms with Gasteiger partial charge in [0.1, 0.15) is 24.1 Å². The van der Waals surface area contributed by atoms with Crippen LogP contribution in [0.1, 0.15) is 43.4 Å². The number of nitrogen functional groups attached to an aromatic ring is 2. The molecule has 2 heterocycles. The summed E-state index contributed by atoms with van der Waals surface area (Å²) in [5.74, 6) is 0.884. The standard InChI is InChI=1S/C32H29IN4O4/c1-17-10-25-24-8-5-20(40-3)12-28(24)32(39)37(33)30(26(25)14-29(17)35)16-41-21-6-9-23-22-7-4-19(34)11-18(22)15-36(2)31(38)27(23)13-21/h4-14,30H,15-16,34-35H2,1-3H3. The average molecular weight is 661 g/mol. The molecule has 0 aliphatic carbocycles. The van der Waals surface area contributed by atoms with E-state index in [0.717, 1.165) is 38.9 Å². The maximum atomic E-state index is 13.7. The largest absolute Gasteiger partial charge is 0.497 e. The second-order valence-corrected chi connectivity index (χ2v) is 11.5. The van der Waals surface area contributed by atoms with E-state index in [-0.39, 0.29) is 18.4 Å². The Morgan fingerprint density at radius 3 is 2.24 bits per heavy atom. The first kappa shape index (κ1) is 26.9. The van der Waals surface area contributed by atoms with Crippen molar-refractivity contribution in [2.24, 2.45) is 0 Å². The SMILES string of the molecule is COc1ccc2c(c1)C(=O)N(I)C(COc1ccc3c(c1)C(=O)N(C)Cc1cc(N)ccc1-3)c1cc(N)c(C)cc1-2. The van der Waals surface area contributed by atoms with Gasteiger partial charge in [0.15, 0.2) is 0 Å². The van der Waals surface area contributed by atoms with Gasteiger partial charge in [0.2, 0.25) is 0 Å². The topological polar surface area (TPSA) is 111 Å². The lowest BCUT2D eigenvalue weighted by Gasteiger charge is -2.26. The maximum absolute atomic E-state index is 13.7. The van der Waals surface area contributed by atoms with Crippen LogP contribution in [0, 0.1) is 6.92 Å². The van der Waals surface area contributed by atoms with Gasteiger partial charge in [0.05, 0.1) is 41.1 Å². The third-order valence-electron chi connectivity index (χ3n) is 7.82. The van der Waals surface area contributed by atoms with Gasteiger partial charge in [-0.1, -0.05) is 6.07 Å². The number of methoxy groups -OCH3 is 1. The summed E-state index contributed by atoms with van der Waals surface area (Å²) < 4.78 is 13.4. The number of halogens is 1. The zero-order chi connectivity index (χ0) is 29.0. The minimum absolute atomic E-state index is 0.0987. The number of aryl methyl sites for hydroxylation is 1. The molecule has 0 fully saturated rings. The molecule has 1 atom stereocenters. The van der Waals surface area contributed by atoms with E-state index in [1.807, 2.05) is 84.4 Å². The van der Waals surface area contributed by atoms with Gasteiger partial charge in [0.25, 0.3) is 11.8 Å². The molecular formula is C32H29IN4O4. The summed E-state index contributed by atoms with van der Waals surface area (Å²) in [7, 11) is 3.36. The lowest BCUT2D eigenvalue weighted by Crippen LogP contribution is -2.29. The summed E-state index contributed by atoms with van der Waals surface area (Å²) in [6, 6.07) is 20.3. The molecular weight excluding hydrogens is 631 g/mol. The summed E-state index contributed by atoms with van der Waals surface area (Å²) >= 11 is 2.05. The number of hydrogen-bond donors (Lipinski definition) is 2. The van der Waals surface area contributed by atoms with Crippen molar-refractivity contribution in [1.82, 2.24) is 8.01 Å². The fraction of sp³-hybridized carbons (Fsp3) is 0.188. The van der Waals surface area contributed by atoms with Crippen molar-refractivity contribution in [3.05, 3.63) is 94.5 Å². The first-order valence-electron chi connectivity index (χ1n) is 13.1. The zero-order valence-corrected chi connectivity index (χ0v) is 25.1. The van der Waals surface area contributed by atoms with Crippen molar-refractivity contribution >= 4 is 46.1 Å². The fourth-order valence-electron chi connectivity index (χ4n) is 5.59. The molecule has 6 rings (SSSR count). The van der Waals surface area contributed by atoms with Gasteiger partial charge in [-0.2, -0.15) is 0 Å². The first-order chi connectivity index (χ1) is 19.7. The molecule has 4 aromatic carbocycles. The van der Waals surface area contributed by atoms with E-state index >= 15 is 0 Å². The van der Waals surface area contributed by atoms with Crippen molar-refractivity contribution in [3.63, 3.8) is 0 Å². The smallest absolute Gasteiger partial charge is 0.263 e. The van der Waals surface area contributed by atoms with Gasteiger partial charge in [-0.25, -0.2) is 0 Å². The fourth-order valence-corrected chi connectivity index (χ4v) is 6.31. The minimum atomic E-state index is -0.444. The molecule has 2 aliphatic rings. The zero-order valence-electron chi connectivity index (χ0n) is 22.9. The Bertz CT molecular complexity index is 1740. The number of nitrogens with two attached hydrogens (primary N) is 2. The third kappa shape index (κ3) is 4.63. The van der Waals surface area contributed by atoms with Gasteiger partial charge in [-0.15, -0.1) is 0 Å². The maximum Gasteiger partial charge on any atom is 0.263 e. The van der Waals surface area contributed by atoms with Crippen LogP contribution in [0.15, 0.2) is 66.7 Å². The Labute approximate surface area is 252 Å². The molecule has 4 aromatic rings. The number of nitrogens with zero attached hydrogens (tertiary/aromatic N) is 2. The van der Waals surface area contributed by atoms with Crippen molar-refractivity contribution in [2.75, 3.05) is 32.2 Å². The van der Waals surface area contributed by atoms with Crippen LogP contribution in [0.25, 0.3) is 22.3 Å². The summed E-state index contributed by atoms with van der Waals surface area (Å²) in [6.07, 6.45) is 0. The van der Waals surface area contributed by atoms with Gasteiger partial charge in [0, 0.05) is 25.0 Å². The van der Waals surface area contributed by atoms with E-state index in [2.05, 4.69) is 0 Å². The molecule has 2 amide bonds. The molecule has 2 aliphatic heterocycles. The highest BCUT2D eigenvalue weighted by Crippen LogP contribution is 2.43. The molecule has 1 unspecified atom stereocenters. The third-order valence-corrected chi connectivity index (χ3v) is 8.93. The average Bonchev–Trinajstić information content (AvgIpc) is 3.11. The van der Waals surface area contributed by atoms with E-state index in [1.165, 1.54) is 0 Å². The normalized spacial score (nSPS) is 15.8. The molecule has 0 saturated heterocycles. The second-order valence-electron chi connectivity index (χ2n) is 10.4. The molecule has 0 saturated carbocycles. The van der Waals surface area contributed by atoms with Crippen molar-refractivity contribution in [3.8, 4) is 33.8 Å². The molecule has 9 heteroatoms. The quantitative estimate of drug-likeness (QED) is 0.158.